The Morgan fingerprint density at radius 3 is 0.831 bits per heavy atom. The highest BCUT2D eigenvalue weighted by Gasteiger charge is 2.19. The van der Waals surface area contributed by atoms with Gasteiger partial charge in [-0.3, -0.25) is 14.4 Å². The summed E-state index contributed by atoms with van der Waals surface area (Å²) in [6.45, 7) is 9.00. The molecule has 0 aromatic rings. The maximum Gasteiger partial charge on any atom is 0.306 e. The molecule has 0 fully saturated rings. The summed E-state index contributed by atoms with van der Waals surface area (Å²) < 4.78 is 16.8. The van der Waals surface area contributed by atoms with Crippen LogP contribution in [0.1, 0.15) is 297 Å². The van der Waals surface area contributed by atoms with E-state index in [1.807, 2.05) is 0 Å². The van der Waals surface area contributed by atoms with Crippen molar-refractivity contribution in [1.29, 1.82) is 0 Å². The van der Waals surface area contributed by atoms with Crippen LogP contribution in [0.4, 0.5) is 0 Å². The summed E-state index contributed by atoms with van der Waals surface area (Å²) in [5.41, 5.74) is 0. The van der Waals surface area contributed by atoms with Crippen molar-refractivity contribution in [3.8, 4) is 0 Å². The summed E-state index contributed by atoms with van der Waals surface area (Å²) >= 11 is 0. The fourth-order valence-corrected chi connectivity index (χ4v) is 8.04. The first-order chi connectivity index (χ1) is 28.9. The van der Waals surface area contributed by atoms with Gasteiger partial charge in [-0.2, -0.15) is 0 Å². The second-order valence-corrected chi connectivity index (χ2v) is 18.6. The number of unbranched alkanes of at least 4 members (excludes halogenated alkanes) is 35. The molecule has 0 unspecified atom stereocenters. The van der Waals surface area contributed by atoms with Gasteiger partial charge in [0.25, 0.3) is 0 Å². The van der Waals surface area contributed by atoms with Crippen LogP contribution in [0.3, 0.4) is 0 Å². The first kappa shape index (κ1) is 57.4. The van der Waals surface area contributed by atoms with E-state index in [4.69, 9.17) is 14.2 Å². The van der Waals surface area contributed by atoms with Crippen LogP contribution >= 0.6 is 0 Å². The van der Waals surface area contributed by atoms with E-state index in [-0.39, 0.29) is 31.1 Å². The molecule has 0 heterocycles. The van der Waals surface area contributed by atoms with E-state index in [2.05, 4.69) is 27.7 Å². The summed E-state index contributed by atoms with van der Waals surface area (Å²) in [6.07, 6.45) is 49.6. The SMILES string of the molecule is CCCCCCCCCCCCCCCCCCCCC(=O)OC[C@@H](COC(=O)CCCCCCCCCCCCCCCC(C)C)OC(=O)CCCCCCCCC. The van der Waals surface area contributed by atoms with Crippen LogP contribution in [0.15, 0.2) is 0 Å². The highest BCUT2D eigenvalue weighted by atomic mass is 16.6. The van der Waals surface area contributed by atoms with Crippen molar-refractivity contribution in [3.63, 3.8) is 0 Å². The minimum Gasteiger partial charge on any atom is -0.462 e. The zero-order chi connectivity index (χ0) is 43.1. The highest BCUT2D eigenvalue weighted by molar-refractivity contribution is 5.71. The van der Waals surface area contributed by atoms with Gasteiger partial charge in [0, 0.05) is 19.3 Å². The number of carbonyl (C=O) groups is 3. The normalized spacial score (nSPS) is 11.9. The Hall–Kier alpha value is -1.59. The van der Waals surface area contributed by atoms with Crippen molar-refractivity contribution >= 4 is 17.9 Å². The van der Waals surface area contributed by atoms with Gasteiger partial charge in [0.2, 0.25) is 0 Å². The first-order valence-corrected chi connectivity index (χ1v) is 26.4. The monoisotopic (exact) mass is 835 g/mol. The molecule has 0 rings (SSSR count). The van der Waals surface area contributed by atoms with Crippen LogP contribution in [-0.4, -0.2) is 37.2 Å². The third-order valence-electron chi connectivity index (χ3n) is 12.0. The second kappa shape index (κ2) is 47.5. The van der Waals surface area contributed by atoms with Crippen LogP contribution < -0.4 is 0 Å². The lowest BCUT2D eigenvalue weighted by Gasteiger charge is -2.18. The van der Waals surface area contributed by atoms with E-state index in [0.717, 1.165) is 63.7 Å². The summed E-state index contributed by atoms with van der Waals surface area (Å²) in [7, 11) is 0. The highest BCUT2D eigenvalue weighted by Crippen LogP contribution is 2.17. The Labute approximate surface area is 368 Å². The standard InChI is InChI=1S/C53H102O6/c1-5-7-9-11-13-14-15-16-17-18-19-20-23-26-29-33-36-40-44-51(54)57-47-50(59-53(56)46-42-38-31-12-10-8-6-2)48-58-52(55)45-41-37-34-30-27-24-21-22-25-28-32-35-39-43-49(3)4/h49-50H,5-48H2,1-4H3/t50-/m0/s1. The van der Waals surface area contributed by atoms with Crippen molar-refractivity contribution in [2.75, 3.05) is 13.2 Å². The molecule has 0 aliphatic rings. The summed E-state index contributed by atoms with van der Waals surface area (Å²) in [5, 5.41) is 0. The molecule has 0 bridgehead atoms. The van der Waals surface area contributed by atoms with Crippen molar-refractivity contribution in [1.82, 2.24) is 0 Å². The molecule has 0 saturated heterocycles. The van der Waals surface area contributed by atoms with Gasteiger partial charge in [-0.05, 0) is 25.2 Å². The van der Waals surface area contributed by atoms with Gasteiger partial charge in [0.15, 0.2) is 6.10 Å². The minimum atomic E-state index is -0.759. The van der Waals surface area contributed by atoms with E-state index in [1.54, 1.807) is 0 Å². The van der Waals surface area contributed by atoms with Crippen LogP contribution in [0.25, 0.3) is 0 Å². The molecule has 0 aliphatic carbocycles. The molecular formula is C53H102O6. The molecule has 0 aromatic heterocycles. The van der Waals surface area contributed by atoms with Crippen molar-refractivity contribution in [2.45, 2.75) is 303 Å². The lowest BCUT2D eigenvalue weighted by Crippen LogP contribution is -2.30. The Morgan fingerprint density at radius 2 is 0.559 bits per heavy atom. The van der Waals surface area contributed by atoms with Gasteiger partial charge < -0.3 is 14.2 Å². The molecule has 0 amide bonds. The summed E-state index contributed by atoms with van der Waals surface area (Å²) in [4.78, 5) is 37.8. The molecule has 350 valence electrons. The molecule has 0 aromatic carbocycles. The lowest BCUT2D eigenvalue weighted by atomic mass is 10.0. The maximum atomic E-state index is 12.7. The zero-order valence-electron chi connectivity index (χ0n) is 40.2. The van der Waals surface area contributed by atoms with Gasteiger partial charge in [0.1, 0.15) is 13.2 Å². The Kier molecular flexibility index (Phi) is 46.2. The van der Waals surface area contributed by atoms with E-state index in [1.165, 1.54) is 193 Å². The first-order valence-electron chi connectivity index (χ1n) is 26.4. The number of rotatable bonds is 48. The molecule has 1 atom stereocenters. The molecule has 0 N–H and O–H groups in total. The van der Waals surface area contributed by atoms with Crippen LogP contribution in [0.5, 0.6) is 0 Å². The average Bonchev–Trinajstić information content (AvgIpc) is 3.22. The maximum absolute atomic E-state index is 12.7. The number of hydrogen-bond acceptors (Lipinski definition) is 6. The lowest BCUT2D eigenvalue weighted by molar-refractivity contribution is -0.167. The van der Waals surface area contributed by atoms with E-state index >= 15 is 0 Å². The topological polar surface area (TPSA) is 78.9 Å². The van der Waals surface area contributed by atoms with Gasteiger partial charge in [-0.15, -0.1) is 0 Å². The quantitative estimate of drug-likeness (QED) is 0.0345. The van der Waals surface area contributed by atoms with Gasteiger partial charge >= 0.3 is 17.9 Å². The number of ether oxygens (including phenoxy) is 3. The number of hydrogen-bond donors (Lipinski definition) is 0. The minimum absolute atomic E-state index is 0.0633. The van der Waals surface area contributed by atoms with Crippen molar-refractivity contribution in [3.05, 3.63) is 0 Å². The Morgan fingerprint density at radius 1 is 0.322 bits per heavy atom. The molecule has 0 spiro atoms. The molecule has 0 saturated carbocycles. The third kappa shape index (κ3) is 47.3. The molecule has 0 aliphatic heterocycles. The number of esters is 3. The van der Waals surface area contributed by atoms with Crippen molar-refractivity contribution < 1.29 is 28.6 Å². The Bertz CT molecular complexity index is 887. The molecular weight excluding hydrogens is 733 g/mol. The molecule has 6 heteroatoms. The zero-order valence-corrected chi connectivity index (χ0v) is 40.2. The second-order valence-electron chi connectivity index (χ2n) is 18.6. The summed E-state index contributed by atoms with van der Waals surface area (Å²) in [6, 6.07) is 0. The van der Waals surface area contributed by atoms with E-state index in [0.29, 0.717) is 19.3 Å². The van der Waals surface area contributed by atoms with Gasteiger partial charge in [-0.1, -0.05) is 259 Å². The van der Waals surface area contributed by atoms with Crippen LogP contribution in [0.2, 0.25) is 0 Å². The van der Waals surface area contributed by atoms with Gasteiger partial charge in [0.05, 0.1) is 0 Å². The molecule has 59 heavy (non-hydrogen) atoms. The number of carbonyl (C=O) groups excluding carboxylic acids is 3. The van der Waals surface area contributed by atoms with Crippen molar-refractivity contribution in [2.24, 2.45) is 5.92 Å². The summed E-state index contributed by atoms with van der Waals surface area (Å²) in [5.74, 6) is -0.0108. The predicted octanol–water partition coefficient (Wildman–Crippen LogP) is 17.1. The molecule has 0 radical (unpaired) electrons. The largest absolute Gasteiger partial charge is 0.462 e. The molecule has 6 nitrogen and oxygen atoms in total. The third-order valence-corrected chi connectivity index (χ3v) is 12.0. The van der Waals surface area contributed by atoms with Crippen LogP contribution in [0, 0.1) is 5.92 Å². The smallest absolute Gasteiger partial charge is 0.306 e. The fraction of sp³-hybridized carbons (Fsp3) is 0.943. The van der Waals surface area contributed by atoms with Crippen LogP contribution in [-0.2, 0) is 28.6 Å². The Balaban J connectivity index is 4.14. The van der Waals surface area contributed by atoms with E-state index < -0.39 is 6.10 Å². The average molecular weight is 835 g/mol. The van der Waals surface area contributed by atoms with E-state index in [9.17, 15) is 14.4 Å². The van der Waals surface area contributed by atoms with Gasteiger partial charge in [-0.25, -0.2) is 0 Å². The predicted molar refractivity (Wildman–Crippen MR) is 252 cm³/mol. The fourth-order valence-electron chi connectivity index (χ4n) is 8.04.